The molecule has 0 aromatic heterocycles. The van der Waals surface area contributed by atoms with Gasteiger partial charge in [-0.15, -0.1) is 0 Å². The molecule has 0 amide bonds. The molecule has 0 aromatic carbocycles. The minimum Gasteiger partial charge on any atom is -0.736 e. The molecule has 0 saturated heterocycles. The van der Waals surface area contributed by atoms with Crippen molar-refractivity contribution in [2.45, 2.75) is 0 Å². The van der Waals surface area contributed by atoms with Crippen LogP contribution in [0, 0.1) is 0 Å². The van der Waals surface area contributed by atoms with Gasteiger partial charge < -0.3 is 13.7 Å². The Bertz CT molecular complexity index is 353. The Morgan fingerprint density at radius 1 is 0.500 bits per heavy atom. The van der Waals surface area contributed by atoms with Gasteiger partial charge in [-0.3, -0.25) is 0 Å². The summed E-state index contributed by atoms with van der Waals surface area (Å²) in [6.07, 6.45) is 0. The Morgan fingerprint density at radius 2 is 0.500 bits per heavy atom. The van der Waals surface area contributed by atoms with E-state index >= 15 is 0 Å². The van der Waals surface area contributed by atoms with E-state index in [1.165, 1.54) is 0 Å². The Kier molecular flexibility index (Phi) is 30.1. The standard InChI is InChI=1S/3Li.3H3NO3S/c;;;3*1-5(2,3)4/h;;;3*(H3,1,2,3,4)/q3*+1;;;/p-3. The summed E-state index contributed by atoms with van der Waals surface area (Å²) in [5.74, 6) is 0. The number of hydrogen-bond donors (Lipinski definition) is 3. The van der Waals surface area contributed by atoms with Gasteiger partial charge in [0.05, 0.1) is 0 Å². The summed E-state index contributed by atoms with van der Waals surface area (Å²) >= 11 is 0. The van der Waals surface area contributed by atoms with Crippen molar-refractivity contribution in [1.29, 1.82) is 0 Å². The molecule has 0 saturated carbocycles. The first-order valence-electron chi connectivity index (χ1n) is 2.21. The van der Waals surface area contributed by atoms with Gasteiger partial charge in [0.1, 0.15) is 0 Å². The predicted octanol–water partition coefficient (Wildman–Crippen LogP) is -13.8. The van der Waals surface area contributed by atoms with E-state index in [4.69, 9.17) is 38.9 Å². The average molecular weight is 309 g/mol. The molecule has 0 aliphatic rings. The fraction of sp³-hybridized carbons (Fsp3) is 0. The van der Waals surface area contributed by atoms with Gasteiger partial charge in [-0.25, -0.2) is 40.7 Å². The summed E-state index contributed by atoms with van der Waals surface area (Å²) in [4.78, 5) is 0. The molecule has 0 heterocycles. The van der Waals surface area contributed by atoms with E-state index in [1.807, 2.05) is 0 Å². The molecule has 0 bridgehead atoms. The second-order valence-electron chi connectivity index (χ2n) is 1.48. The van der Waals surface area contributed by atoms with Crippen molar-refractivity contribution in [2.24, 2.45) is 15.4 Å². The van der Waals surface area contributed by atoms with Crippen LogP contribution in [0.2, 0.25) is 0 Å². The van der Waals surface area contributed by atoms with E-state index in [0.717, 1.165) is 0 Å². The molecule has 0 aliphatic carbocycles. The van der Waals surface area contributed by atoms with Gasteiger partial charge in [-0.2, -0.15) is 0 Å². The summed E-state index contributed by atoms with van der Waals surface area (Å²) in [5.41, 5.74) is 0. The Morgan fingerprint density at radius 3 is 0.500 bits per heavy atom. The molecule has 0 aliphatic heterocycles. The van der Waals surface area contributed by atoms with Gasteiger partial charge in [0.15, 0.2) is 30.9 Å². The van der Waals surface area contributed by atoms with Crippen molar-refractivity contribution in [3.8, 4) is 0 Å². The molecule has 18 heteroatoms. The third-order valence-electron chi connectivity index (χ3n) is 0. The first kappa shape index (κ1) is 36.6. The quantitative estimate of drug-likeness (QED) is 0.283. The van der Waals surface area contributed by atoms with E-state index in [1.54, 1.807) is 0 Å². The zero-order chi connectivity index (χ0) is 13.5. The summed E-state index contributed by atoms with van der Waals surface area (Å²) in [6.45, 7) is 0. The largest absolute Gasteiger partial charge is 1.00 e. The maximum absolute atomic E-state index is 8.85. The van der Waals surface area contributed by atoms with Crippen molar-refractivity contribution in [2.75, 3.05) is 0 Å². The monoisotopic (exact) mass is 309 g/mol. The van der Waals surface area contributed by atoms with E-state index in [9.17, 15) is 0 Å². The van der Waals surface area contributed by atoms with Crippen molar-refractivity contribution in [3.63, 3.8) is 0 Å². The minimum atomic E-state index is -4.42. The topological polar surface area (TPSA) is 250 Å². The maximum atomic E-state index is 8.85. The van der Waals surface area contributed by atoms with E-state index in [2.05, 4.69) is 15.4 Å². The van der Waals surface area contributed by atoms with Crippen LogP contribution in [0.5, 0.6) is 0 Å². The summed E-state index contributed by atoms with van der Waals surface area (Å²) in [6, 6.07) is 0. The number of rotatable bonds is 0. The van der Waals surface area contributed by atoms with Crippen LogP contribution in [0.1, 0.15) is 0 Å². The van der Waals surface area contributed by atoms with Crippen LogP contribution in [-0.4, -0.2) is 38.9 Å². The van der Waals surface area contributed by atoms with Crippen LogP contribution < -0.4 is 72.0 Å². The van der Waals surface area contributed by atoms with Gasteiger partial charge in [-0.1, -0.05) is 0 Å². The molecule has 0 spiro atoms. The van der Waals surface area contributed by atoms with E-state index in [-0.39, 0.29) is 56.6 Å². The zero-order valence-electron chi connectivity index (χ0n) is 9.63. The minimum absolute atomic E-state index is 0. The average Bonchev–Trinajstić information content (AvgIpc) is 1.41. The predicted molar refractivity (Wildman–Crippen MR) is 41.7 cm³/mol. The van der Waals surface area contributed by atoms with Gasteiger partial charge in [0.25, 0.3) is 0 Å². The van der Waals surface area contributed by atoms with Crippen molar-refractivity contribution in [3.05, 3.63) is 0 Å². The second kappa shape index (κ2) is 14.8. The third kappa shape index (κ3) is 2380. The number of hydrogen-bond acceptors (Lipinski definition) is 9. The second-order valence-corrected chi connectivity index (χ2v) is 4.44. The molecule has 0 radical (unpaired) electrons. The SMILES string of the molecule is NS(=O)(=O)[O-].NS(=O)(=O)[O-].NS(=O)(=O)[O-].[Li+].[Li+].[Li+]. The van der Waals surface area contributed by atoms with Gasteiger partial charge in [0.2, 0.25) is 0 Å². The first-order valence-corrected chi connectivity index (χ1v) is 6.62. The Hall–Kier alpha value is 1.40. The Labute approximate surface area is 141 Å². The fourth-order valence-electron chi connectivity index (χ4n) is 0. The normalized spacial score (nSPS) is 9.67. The van der Waals surface area contributed by atoms with Crippen molar-refractivity contribution in [1.82, 2.24) is 0 Å². The van der Waals surface area contributed by atoms with Crippen LogP contribution in [0.4, 0.5) is 0 Å². The summed E-state index contributed by atoms with van der Waals surface area (Å²) in [7, 11) is -13.2. The van der Waals surface area contributed by atoms with Gasteiger partial charge in [-0.05, 0) is 0 Å². The molecular weight excluding hydrogens is 303 g/mol. The van der Waals surface area contributed by atoms with Crippen molar-refractivity contribution >= 4 is 30.9 Å². The van der Waals surface area contributed by atoms with E-state index in [0.29, 0.717) is 0 Å². The molecule has 18 heavy (non-hydrogen) atoms. The molecular formula is H6Li3N3O9S3. The van der Waals surface area contributed by atoms with Crippen molar-refractivity contribution < 1.29 is 95.5 Å². The smallest absolute Gasteiger partial charge is 0.736 e. The molecule has 12 nitrogen and oxygen atoms in total. The molecule has 0 atom stereocenters. The molecule has 6 N–H and O–H groups in total. The molecule has 0 unspecified atom stereocenters. The molecule has 0 rings (SSSR count). The fourth-order valence-corrected chi connectivity index (χ4v) is 0. The van der Waals surface area contributed by atoms with Crippen LogP contribution >= 0.6 is 0 Å². The molecule has 0 fully saturated rings. The van der Waals surface area contributed by atoms with Crippen LogP contribution in [0.25, 0.3) is 0 Å². The first-order chi connectivity index (χ1) is 6.00. The Balaban J connectivity index is -0.0000000277. The number of nitrogens with two attached hydrogens (primary N) is 3. The summed E-state index contributed by atoms with van der Waals surface area (Å²) < 4.78 is 79.7. The van der Waals surface area contributed by atoms with Crippen LogP contribution in [-0.2, 0) is 30.9 Å². The molecule has 0 aromatic rings. The van der Waals surface area contributed by atoms with Crippen LogP contribution in [0.15, 0.2) is 0 Å². The summed E-state index contributed by atoms with van der Waals surface area (Å²) in [5, 5.41) is 11.3. The zero-order valence-corrected chi connectivity index (χ0v) is 12.1. The third-order valence-corrected chi connectivity index (χ3v) is 0. The maximum Gasteiger partial charge on any atom is 1.00 e. The van der Waals surface area contributed by atoms with E-state index < -0.39 is 30.9 Å². The van der Waals surface area contributed by atoms with Gasteiger partial charge >= 0.3 is 56.6 Å². The van der Waals surface area contributed by atoms with Gasteiger partial charge in [0, 0.05) is 0 Å². The van der Waals surface area contributed by atoms with Crippen LogP contribution in [0.3, 0.4) is 0 Å². The molecule has 96 valence electrons.